The van der Waals surface area contributed by atoms with Gasteiger partial charge in [-0.3, -0.25) is 0 Å². The summed E-state index contributed by atoms with van der Waals surface area (Å²) in [5.41, 5.74) is 8.53. The normalized spacial score (nSPS) is 23.8. The minimum atomic E-state index is -0.629. The standard InChI is InChI=1S/C15H23NO/c1-14(2,3)8-9-15(17)7-6-11-10-12(16)4-5-13(11)15/h4-5,10,17H,6-9,16H2,1-3H3. The van der Waals surface area contributed by atoms with Gasteiger partial charge in [-0.05, 0) is 54.4 Å². The maximum absolute atomic E-state index is 10.8. The van der Waals surface area contributed by atoms with E-state index in [1.54, 1.807) is 0 Å². The largest absolute Gasteiger partial charge is 0.399 e. The predicted octanol–water partition coefficient (Wildman–Crippen LogP) is 3.23. The molecule has 17 heavy (non-hydrogen) atoms. The molecule has 0 aliphatic heterocycles. The number of anilines is 1. The zero-order valence-electron chi connectivity index (χ0n) is 11.1. The third kappa shape index (κ3) is 2.63. The van der Waals surface area contributed by atoms with Gasteiger partial charge < -0.3 is 10.8 Å². The van der Waals surface area contributed by atoms with E-state index in [0.29, 0.717) is 0 Å². The second-order valence-corrected chi connectivity index (χ2v) is 6.51. The summed E-state index contributed by atoms with van der Waals surface area (Å²) in [5.74, 6) is 0. The highest BCUT2D eigenvalue weighted by Crippen LogP contribution is 2.42. The predicted molar refractivity (Wildman–Crippen MR) is 71.8 cm³/mol. The Kier molecular flexibility index (Phi) is 2.94. The van der Waals surface area contributed by atoms with Crippen molar-refractivity contribution in [3.63, 3.8) is 0 Å². The molecule has 2 nitrogen and oxygen atoms in total. The zero-order chi connectivity index (χ0) is 12.7. The van der Waals surface area contributed by atoms with Crippen molar-refractivity contribution < 1.29 is 5.11 Å². The first-order valence-electron chi connectivity index (χ1n) is 6.41. The van der Waals surface area contributed by atoms with E-state index in [1.165, 1.54) is 5.56 Å². The molecule has 1 aromatic carbocycles. The molecule has 0 spiro atoms. The molecule has 0 heterocycles. The van der Waals surface area contributed by atoms with Crippen LogP contribution in [0.4, 0.5) is 5.69 Å². The van der Waals surface area contributed by atoms with Crippen molar-refractivity contribution in [1.29, 1.82) is 0 Å². The van der Waals surface area contributed by atoms with Crippen molar-refractivity contribution in [1.82, 2.24) is 0 Å². The fourth-order valence-electron chi connectivity index (χ4n) is 2.59. The highest BCUT2D eigenvalue weighted by molar-refractivity contribution is 5.48. The number of nitrogen functional groups attached to an aromatic ring is 1. The Morgan fingerprint density at radius 3 is 2.71 bits per heavy atom. The molecule has 0 aromatic heterocycles. The summed E-state index contributed by atoms with van der Waals surface area (Å²) >= 11 is 0. The van der Waals surface area contributed by atoms with E-state index in [1.807, 2.05) is 18.2 Å². The minimum Gasteiger partial charge on any atom is -0.399 e. The van der Waals surface area contributed by atoms with Gasteiger partial charge in [-0.15, -0.1) is 0 Å². The smallest absolute Gasteiger partial charge is 0.0902 e. The van der Waals surface area contributed by atoms with Gasteiger partial charge in [-0.25, -0.2) is 0 Å². The van der Waals surface area contributed by atoms with Crippen LogP contribution >= 0.6 is 0 Å². The van der Waals surface area contributed by atoms with E-state index in [9.17, 15) is 5.11 Å². The van der Waals surface area contributed by atoms with Crippen LogP contribution in [-0.4, -0.2) is 5.11 Å². The van der Waals surface area contributed by atoms with Crippen LogP contribution < -0.4 is 5.73 Å². The highest BCUT2D eigenvalue weighted by Gasteiger charge is 2.37. The summed E-state index contributed by atoms with van der Waals surface area (Å²) in [5, 5.41) is 10.8. The second-order valence-electron chi connectivity index (χ2n) is 6.51. The first-order valence-corrected chi connectivity index (χ1v) is 6.41. The van der Waals surface area contributed by atoms with Crippen molar-refractivity contribution >= 4 is 5.69 Å². The average Bonchev–Trinajstić information content (AvgIpc) is 2.53. The third-order valence-electron chi connectivity index (χ3n) is 3.73. The van der Waals surface area contributed by atoms with Crippen molar-refractivity contribution in [3.05, 3.63) is 29.3 Å². The van der Waals surface area contributed by atoms with Crippen LogP contribution in [-0.2, 0) is 12.0 Å². The molecule has 3 N–H and O–H groups in total. The molecule has 1 unspecified atom stereocenters. The van der Waals surface area contributed by atoms with Gasteiger partial charge in [-0.2, -0.15) is 0 Å². The van der Waals surface area contributed by atoms with E-state index in [4.69, 9.17) is 5.73 Å². The number of aryl methyl sites for hydroxylation is 1. The molecule has 0 saturated carbocycles. The molecule has 0 amide bonds. The van der Waals surface area contributed by atoms with Crippen molar-refractivity contribution in [2.24, 2.45) is 5.41 Å². The lowest BCUT2D eigenvalue weighted by atomic mass is 9.82. The van der Waals surface area contributed by atoms with E-state index in [2.05, 4.69) is 20.8 Å². The Morgan fingerprint density at radius 2 is 2.06 bits per heavy atom. The lowest BCUT2D eigenvalue weighted by Gasteiger charge is -2.28. The van der Waals surface area contributed by atoms with E-state index >= 15 is 0 Å². The van der Waals surface area contributed by atoms with Crippen LogP contribution in [0.2, 0.25) is 0 Å². The van der Waals surface area contributed by atoms with E-state index < -0.39 is 5.60 Å². The number of benzene rings is 1. The Balaban J connectivity index is 2.20. The van der Waals surface area contributed by atoms with Crippen LogP contribution in [0.3, 0.4) is 0 Å². The number of nitrogens with two attached hydrogens (primary N) is 1. The molecule has 94 valence electrons. The molecule has 2 rings (SSSR count). The molecular formula is C15H23NO. The van der Waals surface area contributed by atoms with Gasteiger partial charge >= 0.3 is 0 Å². The van der Waals surface area contributed by atoms with Gasteiger partial charge in [0.15, 0.2) is 0 Å². The molecule has 0 radical (unpaired) electrons. The quantitative estimate of drug-likeness (QED) is 0.770. The second kappa shape index (κ2) is 4.02. The summed E-state index contributed by atoms with van der Waals surface area (Å²) in [7, 11) is 0. The number of aliphatic hydroxyl groups is 1. The summed E-state index contributed by atoms with van der Waals surface area (Å²) in [6.45, 7) is 6.65. The molecule has 0 bridgehead atoms. The van der Waals surface area contributed by atoms with Crippen molar-refractivity contribution in [3.8, 4) is 0 Å². The molecule has 1 aliphatic rings. The van der Waals surface area contributed by atoms with Gasteiger partial charge in [-0.1, -0.05) is 26.8 Å². The maximum atomic E-state index is 10.8. The topological polar surface area (TPSA) is 46.2 Å². The molecule has 0 saturated heterocycles. The van der Waals surface area contributed by atoms with Crippen LogP contribution in [0.5, 0.6) is 0 Å². The van der Waals surface area contributed by atoms with Crippen molar-refractivity contribution in [2.45, 2.75) is 52.1 Å². The van der Waals surface area contributed by atoms with Gasteiger partial charge in [0.1, 0.15) is 0 Å². The highest BCUT2D eigenvalue weighted by atomic mass is 16.3. The van der Waals surface area contributed by atoms with Crippen LogP contribution in [0.25, 0.3) is 0 Å². The average molecular weight is 233 g/mol. The zero-order valence-corrected chi connectivity index (χ0v) is 11.1. The SMILES string of the molecule is CC(C)(C)CCC1(O)CCc2cc(N)ccc21. The van der Waals surface area contributed by atoms with Crippen LogP contribution in [0.1, 0.15) is 51.2 Å². The van der Waals surface area contributed by atoms with E-state index in [0.717, 1.165) is 36.9 Å². The van der Waals surface area contributed by atoms with Gasteiger partial charge in [0, 0.05) is 5.69 Å². The first-order chi connectivity index (χ1) is 7.80. The maximum Gasteiger partial charge on any atom is 0.0902 e. The summed E-state index contributed by atoms with van der Waals surface area (Å²) in [6.07, 6.45) is 3.66. The van der Waals surface area contributed by atoms with Crippen LogP contribution in [0, 0.1) is 5.41 Å². The number of fused-ring (bicyclic) bond motifs is 1. The first kappa shape index (κ1) is 12.4. The number of hydrogen-bond donors (Lipinski definition) is 2. The van der Waals surface area contributed by atoms with Crippen LogP contribution in [0.15, 0.2) is 18.2 Å². The lowest BCUT2D eigenvalue weighted by molar-refractivity contribution is 0.0186. The fourth-order valence-corrected chi connectivity index (χ4v) is 2.59. The number of hydrogen-bond acceptors (Lipinski definition) is 2. The fraction of sp³-hybridized carbons (Fsp3) is 0.600. The molecular weight excluding hydrogens is 210 g/mol. The Hall–Kier alpha value is -1.02. The number of rotatable bonds is 2. The summed E-state index contributed by atoms with van der Waals surface area (Å²) in [6, 6.07) is 5.90. The minimum absolute atomic E-state index is 0.270. The third-order valence-corrected chi connectivity index (χ3v) is 3.73. The Morgan fingerprint density at radius 1 is 1.35 bits per heavy atom. The van der Waals surface area contributed by atoms with Gasteiger partial charge in [0.05, 0.1) is 5.60 Å². The van der Waals surface area contributed by atoms with Crippen molar-refractivity contribution in [2.75, 3.05) is 5.73 Å². The molecule has 2 heteroatoms. The summed E-state index contributed by atoms with van der Waals surface area (Å²) < 4.78 is 0. The molecule has 1 atom stereocenters. The monoisotopic (exact) mass is 233 g/mol. The van der Waals surface area contributed by atoms with Gasteiger partial charge in [0.2, 0.25) is 0 Å². The lowest BCUT2D eigenvalue weighted by Crippen LogP contribution is -2.24. The molecule has 1 aliphatic carbocycles. The van der Waals surface area contributed by atoms with E-state index in [-0.39, 0.29) is 5.41 Å². The molecule has 1 aromatic rings. The van der Waals surface area contributed by atoms with Gasteiger partial charge in [0.25, 0.3) is 0 Å². The molecule has 0 fully saturated rings. The summed E-state index contributed by atoms with van der Waals surface area (Å²) in [4.78, 5) is 0. The Labute approximate surface area is 104 Å². The Bertz CT molecular complexity index is 419.